The number of rotatable bonds is 0. The lowest BCUT2D eigenvalue weighted by Crippen LogP contribution is -2.06. The van der Waals surface area contributed by atoms with E-state index in [0.29, 0.717) is 11.1 Å². The van der Waals surface area contributed by atoms with Crippen LogP contribution in [0.25, 0.3) is 10.8 Å². The Morgan fingerprint density at radius 2 is 1.71 bits per heavy atom. The summed E-state index contributed by atoms with van der Waals surface area (Å²) < 4.78 is 0. The monoisotopic (exact) mass is 183 g/mol. The highest BCUT2D eigenvalue weighted by molar-refractivity contribution is 6.57. The van der Waals surface area contributed by atoms with Crippen LogP contribution in [-0.4, -0.2) is 16.6 Å². The van der Waals surface area contributed by atoms with Crippen LogP contribution < -0.4 is 0 Å². The van der Waals surface area contributed by atoms with Gasteiger partial charge < -0.3 is 0 Å². The van der Waals surface area contributed by atoms with Crippen LogP contribution in [-0.2, 0) is 0 Å². The van der Waals surface area contributed by atoms with Crippen molar-refractivity contribution < 1.29 is 9.59 Å². The number of benzene rings is 1. The van der Waals surface area contributed by atoms with E-state index in [-0.39, 0.29) is 0 Å². The smallest absolute Gasteiger partial charge is 0.235 e. The molecule has 0 saturated heterocycles. The van der Waals surface area contributed by atoms with Gasteiger partial charge in [-0.25, -0.2) is 0 Å². The van der Waals surface area contributed by atoms with Gasteiger partial charge in [0.05, 0.1) is 5.56 Å². The van der Waals surface area contributed by atoms with Gasteiger partial charge in [-0.15, -0.1) is 0 Å². The third-order valence-electron chi connectivity index (χ3n) is 2.48. The second-order valence-electron chi connectivity index (χ2n) is 3.25. The highest BCUT2D eigenvalue weighted by Gasteiger charge is 2.30. The maximum Gasteiger partial charge on any atom is 0.235 e. The zero-order chi connectivity index (χ0) is 9.71. The van der Waals surface area contributed by atoms with Gasteiger partial charge >= 0.3 is 0 Å². The van der Waals surface area contributed by atoms with Crippen LogP contribution >= 0.6 is 0 Å². The summed E-state index contributed by atoms with van der Waals surface area (Å²) >= 11 is 0. The lowest BCUT2D eigenvalue weighted by molar-refractivity contribution is 0.0825. The second kappa shape index (κ2) is 2.26. The fourth-order valence-corrected chi connectivity index (χ4v) is 1.84. The minimum absolute atomic E-state index is 0.418. The van der Waals surface area contributed by atoms with E-state index in [4.69, 9.17) is 0 Å². The minimum Gasteiger partial charge on any atom is -0.285 e. The van der Waals surface area contributed by atoms with E-state index < -0.39 is 11.6 Å². The highest BCUT2D eigenvalue weighted by Crippen LogP contribution is 2.29. The minimum atomic E-state index is -0.440. The first-order valence-electron chi connectivity index (χ1n) is 4.25. The van der Waals surface area contributed by atoms with Gasteiger partial charge in [0.25, 0.3) is 0 Å². The normalized spacial score (nSPS) is 14.0. The molecule has 1 aliphatic carbocycles. The molecule has 0 unspecified atom stereocenters. The van der Waals surface area contributed by atoms with Crippen molar-refractivity contribution in [1.82, 2.24) is 4.98 Å². The maximum absolute atomic E-state index is 11.5. The number of nitrogens with zero attached hydrogens (tertiary/aromatic N) is 1. The van der Waals surface area contributed by atoms with Gasteiger partial charge in [-0.2, -0.15) is 0 Å². The van der Waals surface area contributed by atoms with Crippen molar-refractivity contribution >= 4 is 22.3 Å². The third-order valence-corrected chi connectivity index (χ3v) is 2.48. The van der Waals surface area contributed by atoms with Crippen LogP contribution in [0.15, 0.2) is 30.6 Å². The summed E-state index contributed by atoms with van der Waals surface area (Å²) in [5.41, 5.74) is 0.938. The lowest BCUT2D eigenvalue weighted by atomic mass is 10.1. The predicted octanol–water partition coefficient (Wildman–Crippen LogP) is 1.61. The molecule has 0 radical (unpaired) electrons. The van der Waals surface area contributed by atoms with Gasteiger partial charge in [-0.1, -0.05) is 18.2 Å². The molecule has 66 valence electrons. The Bertz CT molecular complexity index is 538. The summed E-state index contributed by atoms with van der Waals surface area (Å²) in [5, 5.41) is 1.59. The Balaban J connectivity index is 2.62. The molecule has 1 aromatic carbocycles. The predicted molar refractivity (Wildman–Crippen MR) is 50.4 cm³/mol. The topological polar surface area (TPSA) is 47.0 Å². The Morgan fingerprint density at radius 1 is 0.929 bits per heavy atom. The van der Waals surface area contributed by atoms with Crippen LogP contribution in [0.4, 0.5) is 0 Å². The van der Waals surface area contributed by atoms with Gasteiger partial charge in [0.1, 0.15) is 0 Å². The zero-order valence-electron chi connectivity index (χ0n) is 7.15. The van der Waals surface area contributed by atoms with Crippen LogP contribution in [0, 0.1) is 0 Å². The molecule has 2 aromatic rings. The van der Waals surface area contributed by atoms with Crippen molar-refractivity contribution in [2.75, 3.05) is 0 Å². The highest BCUT2D eigenvalue weighted by atomic mass is 16.2. The van der Waals surface area contributed by atoms with Gasteiger partial charge in [0.2, 0.25) is 11.6 Å². The van der Waals surface area contributed by atoms with Crippen molar-refractivity contribution in [2.24, 2.45) is 0 Å². The van der Waals surface area contributed by atoms with Crippen molar-refractivity contribution in [3.63, 3.8) is 0 Å². The lowest BCUT2D eigenvalue weighted by Gasteiger charge is -1.96. The molecular weight excluding hydrogens is 178 g/mol. The van der Waals surface area contributed by atoms with Crippen molar-refractivity contribution in [3.05, 3.63) is 41.7 Å². The molecule has 3 nitrogen and oxygen atoms in total. The number of carbonyl (C=O) groups is 2. The van der Waals surface area contributed by atoms with Crippen LogP contribution in [0.2, 0.25) is 0 Å². The Labute approximate surface area is 79.4 Å². The molecule has 0 spiro atoms. The SMILES string of the molecule is O=C1C(=O)c2cncc3cccc1c23. The Kier molecular flexibility index (Phi) is 1.19. The quantitative estimate of drug-likeness (QED) is 0.583. The van der Waals surface area contributed by atoms with Crippen LogP contribution in [0.3, 0.4) is 0 Å². The van der Waals surface area contributed by atoms with E-state index in [9.17, 15) is 9.59 Å². The molecule has 3 heteroatoms. The fourth-order valence-electron chi connectivity index (χ4n) is 1.84. The largest absolute Gasteiger partial charge is 0.285 e. The van der Waals surface area contributed by atoms with Crippen molar-refractivity contribution in [1.29, 1.82) is 0 Å². The number of hydrogen-bond acceptors (Lipinski definition) is 3. The second-order valence-corrected chi connectivity index (χ2v) is 3.25. The van der Waals surface area contributed by atoms with E-state index in [1.165, 1.54) is 6.20 Å². The molecule has 0 N–H and O–H groups in total. The Morgan fingerprint density at radius 3 is 2.57 bits per heavy atom. The molecule has 1 aromatic heterocycles. The first-order chi connectivity index (χ1) is 6.79. The average Bonchev–Trinajstić information content (AvgIpc) is 2.47. The fraction of sp³-hybridized carbons (Fsp3) is 0. The number of carbonyl (C=O) groups excluding carboxylic acids is 2. The first-order valence-corrected chi connectivity index (χ1v) is 4.25. The van der Waals surface area contributed by atoms with E-state index in [1.54, 1.807) is 18.3 Å². The van der Waals surface area contributed by atoms with E-state index in [2.05, 4.69) is 4.98 Å². The third kappa shape index (κ3) is 0.695. The van der Waals surface area contributed by atoms with E-state index in [0.717, 1.165) is 10.8 Å². The molecule has 0 fully saturated rings. The number of Topliss-reactive ketones (excluding diaryl/α,β-unsaturated/α-hetero) is 2. The zero-order valence-corrected chi connectivity index (χ0v) is 7.15. The molecule has 0 saturated carbocycles. The summed E-state index contributed by atoms with van der Waals surface area (Å²) in [5.74, 6) is -0.858. The summed E-state index contributed by atoms with van der Waals surface area (Å²) in [6.45, 7) is 0. The average molecular weight is 183 g/mol. The standard InChI is InChI=1S/C11H5NO2/c13-10-7-3-1-2-6-4-12-5-8(9(6)7)11(10)14/h1-5H. The molecule has 1 heterocycles. The van der Waals surface area contributed by atoms with E-state index >= 15 is 0 Å². The molecule has 14 heavy (non-hydrogen) atoms. The summed E-state index contributed by atoms with van der Waals surface area (Å²) in [4.78, 5) is 26.9. The van der Waals surface area contributed by atoms with Crippen LogP contribution in [0.5, 0.6) is 0 Å². The summed E-state index contributed by atoms with van der Waals surface area (Å²) in [7, 11) is 0. The molecule has 0 atom stereocenters. The number of hydrogen-bond donors (Lipinski definition) is 0. The van der Waals surface area contributed by atoms with E-state index in [1.807, 2.05) is 6.07 Å². The van der Waals surface area contributed by atoms with Gasteiger partial charge in [-0.05, 0) is 0 Å². The van der Waals surface area contributed by atoms with Crippen molar-refractivity contribution in [2.45, 2.75) is 0 Å². The van der Waals surface area contributed by atoms with Gasteiger partial charge in [-0.3, -0.25) is 14.6 Å². The molecule has 0 bridgehead atoms. The molecule has 0 amide bonds. The molecule has 0 aliphatic heterocycles. The maximum atomic E-state index is 11.5. The summed E-state index contributed by atoms with van der Waals surface area (Å²) in [6, 6.07) is 5.29. The first kappa shape index (κ1) is 7.38. The number of aromatic nitrogens is 1. The molecule has 3 rings (SSSR count). The number of pyridine rings is 1. The molecular formula is C11H5NO2. The molecule has 1 aliphatic rings. The van der Waals surface area contributed by atoms with Crippen LogP contribution in [0.1, 0.15) is 20.7 Å². The van der Waals surface area contributed by atoms with Crippen molar-refractivity contribution in [3.8, 4) is 0 Å². The van der Waals surface area contributed by atoms with Gasteiger partial charge in [0, 0.05) is 28.7 Å². The van der Waals surface area contributed by atoms with Gasteiger partial charge in [0.15, 0.2) is 0 Å². The Hall–Kier alpha value is -2.03. The number of ketones is 2. The summed E-state index contributed by atoms with van der Waals surface area (Å²) in [6.07, 6.45) is 3.12.